The SMILES string of the molecule is Cn1c(=O)c2c(nc(N3CCC(CNC(=O)O)CC3)n2Cc2nnc(-c3ccc(Cl)c(Cl)c3)o2)n(C)c1=O. The van der Waals surface area contributed by atoms with Crippen LogP contribution in [0.1, 0.15) is 18.7 Å². The molecule has 4 aromatic rings. The zero-order valence-corrected chi connectivity index (χ0v) is 22.0. The molecule has 0 aliphatic carbocycles. The van der Waals surface area contributed by atoms with Crippen LogP contribution < -0.4 is 21.5 Å². The highest BCUT2D eigenvalue weighted by molar-refractivity contribution is 6.42. The van der Waals surface area contributed by atoms with E-state index < -0.39 is 17.3 Å². The van der Waals surface area contributed by atoms with Crippen molar-refractivity contribution in [3.63, 3.8) is 0 Å². The van der Waals surface area contributed by atoms with Crippen LogP contribution in [0.5, 0.6) is 0 Å². The van der Waals surface area contributed by atoms with Crippen LogP contribution in [0.2, 0.25) is 10.0 Å². The molecule has 13 nitrogen and oxygen atoms in total. The predicted octanol–water partition coefficient (Wildman–Crippen LogP) is 2.32. The van der Waals surface area contributed by atoms with Crippen molar-refractivity contribution in [2.45, 2.75) is 19.4 Å². The number of carboxylic acid groups (broad SMARTS) is 1. The maximum atomic E-state index is 13.2. The summed E-state index contributed by atoms with van der Waals surface area (Å²) in [4.78, 5) is 43.4. The number of rotatable bonds is 6. The number of fused-ring (bicyclic) bond motifs is 1. The monoisotopic (exact) mass is 562 g/mol. The van der Waals surface area contributed by atoms with Crippen LogP contribution in [-0.2, 0) is 20.6 Å². The molecule has 1 aliphatic rings. The minimum absolute atomic E-state index is 0.0358. The standard InChI is InChI=1S/C23H24Cl2N8O5/c1-30-18-17(20(34)31(2)23(30)37)33(21(27-18)32-7-5-12(6-8-32)10-26-22(35)36)11-16-28-29-19(38-16)13-3-4-14(24)15(25)9-13/h3-4,9,12,26H,5-8,10-11H2,1-2H3,(H,35,36). The van der Waals surface area contributed by atoms with Gasteiger partial charge in [-0.1, -0.05) is 23.2 Å². The Morgan fingerprint density at radius 2 is 1.87 bits per heavy atom. The maximum Gasteiger partial charge on any atom is 0.404 e. The second-order valence-corrected chi connectivity index (χ2v) is 9.94. The van der Waals surface area contributed by atoms with Gasteiger partial charge in [0.1, 0.15) is 6.54 Å². The van der Waals surface area contributed by atoms with Crippen molar-refractivity contribution in [1.82, 2.24) is 34.2 Å². The van der Waals surface area contributed by atoms with E-state index in [2.05, 4.69) is 20.5 Å². The lowest BCUT2D eigenvalue weighted by molar-refractivity contribution is 0.191. The molecule has 1 saturated heterocycles. The second-order valence-electron chi connectivity index (χ2n) is 9.12. The number of benzene rings is 1. The minimum atomic E-state index is -1.05. The first kappa shape index (κ1) is 25.8. The molecule has 0 spiro atoms. The van der Waals surface area contributed by atoms with Crippen LogP contribution in [0, 0.1) is 5.92 Å². The number of piperidine rings is 1. The molecule has 0 unspecified atom stereocenters. The topological polar surface area (TPSA) is 153 Å². The smallest absolute Gasteiger partial charge is 0.404 e. The molecule has 200 valence electrons. The Kier molecular flexibility index (Phi) is 6.88. The normalized spacial score (nSPS) is 14.4. The van der Waals surface area contributed by atoms with Gasteiger partial charge < -0.3 is 19.7 Å². The van der Waals surface area contributed by atoms with Gasteiger partial charge in [0.05, 0.1) is 10.0 Å². The third kappa shape index (κ3) is 4.74. The van der Waals surface area contributed by atoms with E-state index >= 15 is 0 Å². The Hall–Kier alpha value is -3.84. The number of nitrogens with zero attached hydrogens (tertiary/aromatic N) is 7. The summed E-state index contributed by atoms with van der Waals surface area (Å²) in [6.07, 6.45) is 0.399. The molecular formula is C23H24Cl2N8O5. The number of hydrogen-bond donors (Lipinski definition) is 2. The summed E-state index contributed by atoms with van der Waals surface area (Å²) in [5.41, 5.74) is 0.0771. The fourth-order valence-electron chi connectivity index (χ4n) is 4.59. The average Bonchev–Trinajstić information content (AvgIpc) is 3.52. The van der Waals surface area contributed by atoms with Crippen molar-refractivity contribution in [2.24, 2.45) is 20.0 Å². The Bertz CT molecular complexity index is 1650. The van der Waals surface area contributed by atoms with Gasteiger partial charge >= 0.3 is 11.8 Å². The number of hydrogen-bond acceptors (Lipinski definition) is 8. The van der Waals surface area contributed by atoms with Crippen LogP contribution >= 0.6 is 23.2 Å². The molecule has 1 aromatic carbocycles. The van der Waals surface area contributed by atoms with E-state index in [-0.39, 0.29) is 35.4 Å². The quantitative estimate of drug-likeness (QED) is 0.360. The minimum Gasteiger partial charge on any atom is -0.465 e. The molecule has 0 saturated carbocycles. The van der Waals surface area contributed by atoms with Gasteiger partial charge in [0.15, 0.2) is 11.2 Å². The van der Waals surface area contributed by atoms with Crippen LogP contribution in [0.15, 0.2) is 32.2 Å². The highest BCUT2D eigenvalue weighted by Gasteiger charge is 2.27. The largest absolute Gasteiger partial charge is 0.465 e. The van der Waals surface area contributed by atoms with Gasteiger partial charge in [-0.2, -0.15) is 4.98 Å². The Morgan fingerprint density at radius 1 is 1.13 bits per heavy atom. The zero-order valence-electron chi connectivity index (χ0n) is 20.5. The number of nitrogens with one attached hydrogen (secondary N) is 1. The van der Waals surface area contributed by atoms with Gasteiger partial charge in [-0.25, -0.2) is 9.59 Å². The Balaban J connectivity index is 1.52. The van der Waals surface area contributed by atoms with E-state index in [0.717, 1.165) is 17.4 Å². The molecule has 38 heavy (non-hydrogen) atoms. The number of amides is 1. The molecule has 0 atom stereocenters. The third-order valence-corrected chi connectivity index (χ3v) is 7.43. The summed E-state index contributed by atoms with van der Waals surface area (Å²) >= 11 is 12.1. The van der Waals surface area contributed by atoms with Crippen LogP contribution in [0.3, 0.4) is 0 Å². The Labute approximate surface area is 225 Å². The lowest BCUT2D eigenvalue weighted by Crippen LogP contribution is -2.39. The van der Waals surface area contributed by atoms with Crippen LogP contribution in [0.4, 0.5) is 10.7 Å². The lowest BCUT2D eigenvalue weighted by atomic mass is 9.97. The number of aryl methyl sites for hydroxylation is 1. The molecule has 1 aliphatic heterocycles. The summed E-state index contributed by atoms with van der Waals surface area (Å²) in [7, 11) is 2.97. The van der Waals surface area contributed by atoms with Crippen molar-refractivity contribution in [1.29, 1.82) is 0 Å². The van der Waals surface area contributed by atoms with Gasteiger partial charge in [-0.15, -0.1) is 10.2 Å². The fraction of sp³-hybridized carbons (Fsp3) is 0.391. The van der Waals surface area contributed by atoms with E-state index in [1.54, 1.807) is 29.8 Å². The first-order chi connectivity index (χ1) is 18.1. The molecule has 2 N–H and O–H groups in total. The predicted molar refractivity (Wildman–Crippen MR) is 140 cm³/mol. The molecule has 0 bridgehead atoms. The molecule has 5 rings (SSSR count). The van der Waals surface area contributed by atoms with Crippen molar-refractivity contribution in [3.8, 4) is 11.5 Å². The number of halogens is 2. The van der Waals surface area contributed by atoms with Gasteiger partial charge in [-0.05, 0) is 37.0 Å². The van der Waals surface area contributed by atoms with E-state index in [4.69, 9.17) is 32.7 Å². The zero-order chi connectivity index (χ0) is 27.1. The summed E-state index contributed by atoms with van der Waals surface area (Å²) in [5, 5.41) is 20.4. The molecule has 3 aromatic heterocycles. The van der Waals surface area contributed by atoms with Crippen LogP contribution in [0.25, 0.3) is 22.6 Å². The Morgan fingerprint density at radius 3 is 2.55 bits per heavy atom. The summed E-state index contributed by atoms with van der Waals surface area (Å²) < 4.78 is 9.93. The summed E-state index contributed by atoms with van der Waals surface area (Å²) in [6, 6.07) is 4.96. The first-order valence-electron chi connectivity index (χ1n) is 11.8. The number of carbonyl (C=O) groups is 1. The van der Waals surface area contributed by atoms with Crippen molar-refractivity contribution < 1.29 is 14.3 Å². The maximum absolute atomic E-state index is 13.2. The van der Waals surface area contributed by atoms with Gasteiger partial charge in [0.25, 0.3) is 5.56 Å². The van der Waals surface area contributed by atoms with Crippen LogP contribution in [-0.4, -0.2) is 59.7 Å². The van der Waals surface area contributed by atoms with E-state index in [0.29, 0.717) is 41.2 Å². The molecule has 0 radical (unpaired) electrons. The molecule has 15 heteroatoms. The lowest BCUT2D eigenvalue weighted by Gasteiger charge is -2.32. The van der Waals surface area contributed by atoms with Gasteiger partial charge in [0.2, 0.25) is 17.7 Å². The number of imidazole rings is 1. The van der Waals surface area contributed by atoms with Crippen molar-refractivity contribution in [3.05, 3.63) is 55.0 Å². The number of aromatic nitrogens is 6. The third-order valence-electron chi connectivity index (χ3n) is 6.69. The molecule has 1 fully saturated rings. The molecule has 4 heterocycles. The molecule has 1 amide bonds. The highest BCUT2D eigenvalue weighted by atomic mass is 35.5. The molecular weight excluding hydrogens is 539 g/mol. The van der Waals surface area contributed by atoms with Crippen molar-refractivity contribution in [2.75, 3.05) is 24.5 Å². The van der Waals surface area contributed by atoms with E-state index in [1.165, 1.54) is 11.6 Å². The van der Waals surface area contributed by atoms with Gasteiger partial charge in [-0.3, -0.25) is 18.5 Å². The first-order valence-corrected chi connectivity index (χ1v) is 12.6. The second kappa shape index (κ2) is 10.1. The number of anilines is 1. The van der Waals surface area contributed by atoms with Gasteiger partial charge in [0, 0.05) is 39.3 Å². The van der Waals surface area contributed by atoms with E-state index in [1.807, 2.05) is 4.90 Å². The van der Waals surface area contributed by atoms with E-state index in [9.17, 15) is 14.4 Å². The average molecular weight is 563 g/mol. The fourth-order valence-corrected chi connectivity index (χ4v) is 4.89. The summed E-state index contributed by atoms with van der Waals surface area (Å²) in [5.74, 6) is 1.12. The summed E-state index contributed by atoms with van der Waals surface area (Å²) in [6.45, 7) is 1.58. The highest BCUT2D eigenvalue weighted by Crippen LogP contribution is 2.29. The van der Waals surface area contributed by atoms with Crippen molar-refractivity contribution >= 4 is 46.4 Å².